The maximum atomic E-state index is 12.3. The van der Waals surface area contributed by atoms with E-state index in [0.717, 1.165) is 11.3 Å². The monoisotopic (exact) mass is 416 g/mol. The number of hydrogen-bond acceptors (Lipinski definition) is 8. The third kappa shape index (κ3) is 6.55. The average Bonchev–Trinajstić information content (AvgIpc) is 2.93. The Labute approximate surface area is 166 Å². The van der Waals surface area contributed by atoms with E-state index in [1.165, 1.54) is 23.8 Å². The van der Waals surface area contributed by atoms with Gasteiger partial charge < -0.3 is 19.7 Å². The lowest BCUT2D eigenvalue weighted by Crippen LogP contribution is -2.21. The Morgan fingerprint density at radius 2 is 1.89 bits per heavy atom. The predicted octanol–water partition coefficient (Wildman–Crippen LogP) is 2.17. The van der Waals surface area contributed by atoms with Crippen LogP contribution in [0.4, 0.5) is 5.00 Å². The number of rotatable bonds is 9. The molecule has 0 bridgehead atoms. The number of thiophene rings is 1. The average molecular weight is 417 g/mol. The van der Waals surface area contributed by atoms with Gasteiger partial charge in [-0.2, -0.15) is 11.8 Å². The number of methoxy groups -OCH3 is 1. The van der Waals surface area contributed by atoms with E-state index in [9.17, 15) is 19.2 Å². The van der Waals surface area contributed by atoms with E-state index in [2.05, 4.69) is 10.1 Å². The maximum Gasteiger partial charge on any atom is 0.341 e. The van der Waals surface area contributed by atoms with Crippen LogP contribution in [0, 0.1) is 6.92 Å². The van der Waals surface area contributed by atoms with Crippen molar-refractivity contribution in [2.75, 3.05) is 44.6 Å². The highest BCUT2D eigenvalue weighted by molar-refractivity contribution is 7.99. The lowest BCUT2D eigenvalue weighted by molar-refractivity contribution is -0.140. The standard InChI is InChI=1S/C17H24N2O6S2/c1-6-25-17(23)13-10(2)14(16(22)19(3)4)27-15(13)18-11(20)9-26-8-7-12(21)24-5/h6-9H2,1-5H3,(H,18,20). The Bertz CT molecular complexity index is 715. The molecular weight excluding hydrogens is 392 g/mol. The van der Waals surface area contributed by atoms with Crippen molar-refractivity contribution in [2.24, 2.45) is 0 Å². The Kier molecular flexibility index (Phi) is 9.30. The van der Waals surface area contributed by atoms with Crippen molar-refractivity contribution in [3.05, 3.63) is 16.0 Å². The van der Waals surface area contributed by atoms with E-state index in [0.29, 0.717) is 16.2 Å². The van der Waals surface area contributed by atoms with Gasteiger partial charge in [-0.3, -0.25) is 14.4 Å². The highest BCUT2D eigenvalue weighted by atomic mass is 32.2. The second-order valence-electron chi connectivity index (χ2n) is 5.61. The molecule has 1 N–H and O–H groups in total. The van der Waals surface area contributed by atoms with Gasteiger partial charge in [-0.05, 0) is 19.4 Å². The quantitative estimate of drug-likeness (QED) is 0.486. The molecule has 1 aromatic rings. The number of hydrogen-bond donors (Lipinski definition) is 1. The number of carbonyl (C=O) groups excluding carboxylic acids is 4. The van der Waals surface area contributed by atoms with Crippen molar-refractivity contribution in [1.82, 2.24) is 4.90 Å². The number of esters is 2. The van der Waals surface area contributed by atoms with Crippen molar-refractivity contribution in [1.29, 1.82) is 0 Å². The first kappa shape index (κ1) is 23.0. The number of nitrogens with zero attached hydrogens (tertiary/aromatic N) is 1. The van der Waals surface area contributed by atoms with Gasteiger partial charge in [-0.15, -0.1) is 11.3 Å². The van der Waals surface area contributed by atoms with E-state index in [1.54, 1.807) is 27.9 Å². The first-order chi connectivity index (χ1) is 12.7. The van der Waals surface area contributed by atoms with Crippen molar-refractivity contribution in [2.45, 2.75) is 20.3 Å². The van der Waals surface area contributed by atoms with Crippen LogP contribution in [0.1, 0.15) is 38.9 Å². The van der Waals surface area contributed by atoms with Gasteiger partial charge in [0.2, 0.25) is 5.91 Å². The van der Waals surface area contributed by atoms with Crippen molar-refractivity contribution >= 4 is 51.9 Å². The zero-order valence-electron chi connectivity index (χ0n) is 16.0. The zero-order chi connectivity index (χ0) is 20.6. The molecule has 0 radical (unpaired) electrons. The molecule has 8 nitrogen and oxygen atoms in total. The minimum absolute atomic E-state index is 0.104. The first-order valence-electron chi connectivity index (χ1n) is 8.19. The molecule has 0 saturated heterocycles. The number of ether oxygens (including phenoxy) is 2. The summed E-state index contributed by atoms with van der Waals surface area (Å²) in [6, 6.07) is 0. The number of amides is 2. The molecule has 27 heavy (non-hydrogen) atoms. The highest BCUT2D eigenvalue weighted by Gasteiger charge is 2.27. The van der Waals surface area contributed by atoms with Gasteiger partial charge in [-0.25, -0.2) is 4.79 Å². The maximum absolute atomic E-state index is 12.3. The predicted molar refractivity (Wildman–Crippen MR) is 106 cm³/mol. The summed E-state index contributed by atoms with van der Waals surface area (Å²) >= 11 is 2.32. The fourth-order valence-corrected chi connectivity index (χ4v) is 3.99. The van der Waals surface area contributed by atoms with E-state index < -0.39 is 5.97 Å². The van der Waals surface area contributed by atoms with Gasteiger partial charge in [0.05, 0.1) is 36.3 Å². The number of anilines is 1. The van der Waals surface area contributed by atoms with Crippen molar-refractivity contribution in [3.63, 3.8) is 0 Å². The number of thioether (sulfide) groups is 1. The number of carbonyl (C=O) groups is 4. The summed E-state index contributed by atoms with van der Waals surface area (Å²) in [4.78, 5) is 49.7. The molecule has 150 valence electrons. The summed E-state index contributed by atoms with van der Waals surface area (Å²) < 4.78 is 9.59. The molecule has 0 spiro atoms. The van der Waals surface area contributed by atoms with E-state index in [4.69, 9.17) is 4.74 Å². The molecule has 1 heterocycles. The van der Waals surface area contributed by atoms with Gasteiger partial charge in [0.15, 0.2) is 0 Å². The highest BCUT2D eigenvalue weighted by Crippen LogP contribution is 2.34. The fraction of sp³-hybridized carbons (Fsp3) is 0.529. The Hall–Kier alpha value is -2.07. The fourth-order valence-electron chi connectivity index (χ4n) is 2.04. The van der Waals surface area contributed by atoms with Crippen molar-refractivity contribution in [3.8, 4) is 0 Å². The summed E-state index contributed by atoms with van der Waals surface area (Å²) in [7, 11) is 4.53. The topological polar surface area (TPSA) is 102 Å². The molecule has 10 heteroatoms. The third-order valence-electron chi connectivity index (χ3n) is 3.39. The van der Waals surface area contributed by atoms with Gasteiger partial charge in [0, 0.05) is 19.8 Å². The van der Waals surface area contributed by atoms with E-state index >= 15 is 0 Å². The summed E-state index contributed by atoms with van der Waals surface area (Å²) in [5, 5.41) is 2.96. The summed E-state index contributed by atoms with van der Waals surface area (Å²) in [5.41, 5.74) is 0.672. The SMILES string of the molecule is CCOC(=O)c1c(NC(=O)CSCCC(=O)OC)sc(C(=O)N(C)C)c1C. The second-order valence-corrected chi connectivity index (χ2v) is 7.73. The van der Waals surface area contributed by atoms with Crippen molar-refractivity contribution < 1.29 is 28.7 Å². The molecule has 0 aliphatic heterocycles. The van der Waals surface area contributed by atoms with Crippen LogP contribution in [0.3, 0.4) is 0 Å². The van der Waals surface area contributed by atoms with Gasteiger partial charge in [0.1, 0.15) is 5.00 Å². The lowest BCUT2D eigenvalue weighted by atomic mass is 10.1. The molecule has 0 fully saturated rings. The molecule has 0 atom stereocenters. The lowest BCUT2D eigenvalue weighted by Gasteiger charge is -2.09. The van der Waals surface area contributed by atoms with Crippen LogP contribution < -0.4 is 5.32 Å². The molecular formula is C17H24N2O6S2. The Morgan fingerprint density at radius 3 is 2.44 bits per heavy atom. The van der Waals surface area contributed by atoms with Crippen LogP contribution in [0.2, 0.25) is 0 Å². The minimum Gasteiger partial charge on any atom is -0.469 e. The van der Waals surface area contributed by atoms with Crippen LogP contribution in [-0.4, -0.2) is 68.0 Å². The Balaban J connectivity index is 2.92. The minimum atomic E-state index is -0.585. The third-order valence-corrected chi connectivity index (χ3v) is 5.55. The Morgan fingerprint density at radius 1 is 1.22 bits per heavy atom. The van der Waals surface area contributed by atoms with Gasteiger partial charge in [0.25, 0.3) is 5.91 Å². The molecule has 0 aromatic carbocycles. The molecule has 0 aliphatic carbocycles. The van der Waals surface area contributed by atoms with Crippen LogP contribution in [0.25, 0.3) is 0 Å². The smallest absolute Gasteiger partial charge is 0.341 e. The largest absolute Gasteiger partial charge is 0.469 e. The summed E-state index contributed by atoms with van der Waals surface area (Å²) in [6.07, 6.45) is 0.210. The molecule has 1 aromatic heterocycles. The van der Waals surface area contributed by atoms with Gasteiger partial charge in [-0.1, -0.05) is 0 Å². The zero-order valence-corrected chi connectivity index (χ0v) is 17.7. The first-order valence-corrected chi connectivity index (χ1v) is 10.2. The van der Waals surface area contributed by atoms with Crippen LogP contribution in [0.5, 0.6) is 0 Å². The molecule has 0 saturated carbocycles. The van der Waals surface area contributed by atoms with Crippen LogP contribution >= 0.6 is 23.1 Å². The molecule has 0 unspecified atom stereocenters. The molecule has 0 aliphatic rings. The second kappa shape index (κ2) is 10.9. The van der Waals surface area contributed by atoms with Crippen LogP contribution in [0.15, 0.2) is 0 Å². The van der Waals surface area contributed by atoms with E-state index in [-0.39, 0.29) is 47.1 Å². The normalized spacial score (nSPS) is 10.3. The summed E-state index contributed by atoms with van der Waals surface area (Å²) in [5.74, 6) is -0.964. The van der Waals surface area contributed by atoms with Gasteiger partial charge >= 0.3 is 11.9 Å². The van der Waals surface area contributed by atoms with Crippen LogP contribution in [-0.2, 0) is 19.1 Å². The summed E-state index contributed by atoms with van der Waals surface area (Å²) in [6.45, 7) is 3.52. The van der Waals surface area contributed by atoms with E-state index in [1.807, 2.05) is 0 Å². The molecule has 2 amide bonds. The molecule has 1 rings (SSSR count). The number of nitrogens with one attached hydrogen (secondary N) is 1.